The molecule has 2 aliphatic rings. The first-order valence-corrected chi connectivity index (χ1v) is 15.7. The van der Waals surface area contributed by atoms with Gasteiger partial charge in [0.15, 0.2) is 11.5 Å². The highest BCUT2D eigenvalue weighted by atomic mass is 16.5. The lowest BCUT2D eigenvalue weighted by molar-refractivity contribution is 0.280. The van der Waals surface area contributed by atoms with E-state index in [1.807, 2.05) is 29.1 Å². The molecule has 10 heteroatoms. The van der Waals surface area contributed by atoms with E-state index in [1.165, 1.54) is 69.8 Å². The number of hydrogen-bond donors (Lipinski definition) is 0. The zero-order valence-corrected chi connectivity index (χ0v) is 25.2. The van der Waals surface area contributed by atoms with Crippen LogP contribution < -0.4 is 9.47 Å². The lowest BCUT2D eigenvalue weighted by Gasteiger charge is -2.20. The van der Waals surface area contributed by atoms with Crippen molar-refractivity contribution in [2.45, 2.75) is 96.4 Å². The molecule has 0 radical (unpaired) electrons. The summed E-state index contributed by atoms with van der Waals surface area (Å²) in [5, 5.41) is 17.8. The maximum Gasteiger partial charge on any atom is 0.161 e. The molecule has 0 atom stereocenters. The molecule has 0 bridgehead atoms. The molecule has 3 aromatic heterocycles. The van der Waals surface area contributed by atoms with Gasteiger partial charge in [-0.05, 0) is 68.5 Å². The van der Waals surface area contributed by atoms with Crippen LogP contribution in [0.4, 0.5) is 0 Å². The molecule has 0 spiro atoms. The highest BCUT2D eigenvalue weighted by molar-refractivity contribution is 5.82. The van der Waals surface area contributed by atoms with Gasteiger partial charge in [-0.3, -0.25) is 0 Å². The van der Waals surface area contributed by atoms with E-state index < -0.39 is 0 Å². The first-order chi connectivity index (χ1) is 21.1. The van der Waals surface area contributed by atoms with E-state index in [1.54, 1.807) is 7.11 Å². The summed E-state index contributed by atoms with van der Waals surface area (Å²) in [7, 11) is 1.67. The Labute approximate surface area is 252 Å². The average Bonchev–Trinajstić information content (AvgIpc) is 3.80. The molecule has 0 aliphatic heterocycles. The van der Waals surface area contributed by atoms with Gasteiger partial charge in [0, 0.05) is 5.56 Å². The van der Waals surface area contributed by atoms with Gasteiger partial charge in [-0.2, -0.15) is 0 Å². The molecule has 10 nitrogen and oxygen atoms in total. The van der Waals surface area contributed by atoms with Gasteiger partial charge in [0.2, 0.25) is 0 Å². The number of hydrogen-bond acceptors (Lipinski definition) is 7. The summed E-state index contributed by atoms with van der Waals surface area (Å²) in [6.07, 6.45) is 16.5. The Bertz CT molecular complexity index is 1690. The summed E-state index contributed by atoms with van der Waals surface area (Å²) < 4.78 is 18.3. The van der Waals surface area contributed by atoms with Gasteiger partial charge in [0.1, 0.15) is 23.8 Å². The molecule has 3 heterocycles. The molecular weight excluding hydrogens is 540 g/mol. The standard InChI is InChI=1S/C33H40N8O2/c1-23-13-15-30-29(17-23)34-33(39(30)19-25-20-40(37-35-25)27-9-5-3-6-10-27)24-14-16-31(32(18-24)42-2)43-22-26-21-41(38-36-26)28-11-7-4-8-12-28/h13-18,20-21,27-28H,3-12,19,22H2,1-2H3. The predicted octanol–water partition coefficient (Wildman–Crippen LogP) is 6.84. The first-order valence-electron chi connectivity index (χ1n) is 15.7. The Balaban J connectivity index is 1.14. The van der Waals surface area contributed by atoms with Crippen LogP contribution in [0.5, 0.6) is 11.5 Å². The smallest absolute Gasteiger partial charge is 0.161 e. The molecule has 0 amide bonds. The molecule has 0 saturated heterocycles. The van der Waals surface area contributed by atoms with Crippen molar-refractivity contribution in [3.8, 4) is 22.9 Å². The van der Waals surface area contributed by atoms with Crippen LogP contribution in [0.15, 0.2) is 48.8 Å². The second-order valence-corrected chi connectivity index (χ2v) is 12.1. The zero-order valence-electron chi connectivity index (χ0n) is 25.2. The lowest BCUT2D eigenvalue weighted by Crippen LogP contribution is -2.13. The molecule has 2 fully saturated rings. The van der Waals surface area contributed by atoms with Gasteiger partial charge >= 0.3 is 0 Å². The molecule has 43 heavy (non-hydrogen) atoms. The van der Waals surface area contributed by atoms with Gasteiger partial charge in [0.05, 0.1) is 49.2 Å². The summed E-state index contributed by atoms with van der Waals surface area (Å²) in [6, 6.07) is 13.3. The molecule has 0 unspecified atom stereocenters. The molecule has 7 rings (SSSR count). The van der Waals surface area contributed by atoms with E-state index in [9.17, 15) is 0 Å². The average molecular weight is 581 g/mol. The van der Waals surface area contributed by atoms with Gasteiger partial charge in [-0.1, -0.05) is 55.0 Å². The summed E-state index contributed by atoms with van der Waals surface area (Å²) >= 11 is 0. The van der Waals surface area contributed by atoms with Crippen molar-refractivity contribution >= 4 is 11.0 Å². The van der Waals surface area contributed by atoms with Gasteiger partial charge < -0.3 is 14.0 Å². The van der Waals surface area contributed by atoms with E-state index in [2.05, 4.69) is 61.2 Å². The maximum absolute atomic E-state index is 6.18. The highest BCUT2D eigenvalue weighted by Crippen LogP contribution is 2.35. The number of methoxy groups -OCH3 is 1. The number of ether oxygens (including phenoxy) is 2. The minimum absolute atomic E-state index is 0.330. The third kappa shape index (κ3) is 5.87. The molecule has 2 saturated carbocycles. The molecule has 0 N–H and O–H groups in total. The van der Waals surface area contributed by atoms with Crippen LogP contribution in [0.2, 0.25) is 0 Å². The van der Waals surface area contributed by atoms with E-state index in [4.69, 9.17) is 14.5 Å². The van der Waals surface area contributed by atoms with E-state index in [0.717, 1.165) is 33.8 Å². The van der Waals surface area contributed by atoms with Gasteiger partial charge in [0.25, 0.3) is 0 Å². The first kappa shape index (κ1) is 27.6. The number of fused-ring (bicyclic) bond motifs is 1. The Morgan fingerprint density at radius 2 is 1.44 bits per heavy atom. The van der Waals surface area contributed by atoms with Crippen LogP contribution in [0.25, 0.3) is 22.4 Å². The van der Waals surface area contributed by atoms with E-state index >= 15 is 0 Å². The number of rotatable bonds is 9. The largest absolute Gasteiger partial charge is 0.493 e. The van der Waals surface area contributed by atoms with Crippen molar-refractivity contribution in [1.82, 2.24) is 39.5 Å². The zero-order chi connectivity index (χ0) is 29.2. The topological polar surface area (TPSA) is 97.7 Å². The lowest BCUT2D eigenvalue weighted by atomic mass is 9.96. The van der Waals surface area contributed by atoms with Crippen LogP contribution in [0.3, 0.4) is 0 Å². The van der Waals surface area contributed by atoms with Crippen LogP contribution in [0.1, 0.15) is 93.2 Å². The summed E-state index contributed by atoms with van der Waals surface area (Å²) in [4.78, 5) is 5.07. The Morgan fingerprint density at radius 3 is 2.14 bits per heavy atom. The van der Waals surface area contributed by atoms with Crippen molar-refractivity contribution in [3.05, 3.63) is 65.7 Å². The van der Waals surface area contributed by atoms with Crippen molar-refractivity contribution in [1.29, 1.82) is 0 Å². The SMILES string of the molecule is COc1cc(-c2nc3cc(C)ccc3n2Cc2cn(C3CCCCC3)nn2)ccc1OCc1cn(C2CCCCC2)nn1. The van der Waals surface area contributed by atoms with Crippen LogP contribution in [0, 0.1) is 6.92 Å². The Kier molecular flexibility index (Phi) is 7.82. The number of aryl methyl sites for hydroxylation is 1. The molecule has 5 aromatic rings. The van der Waals surface area contributed by atoms with Crippen molar-refractivity contribution < 1.29 is 9.47 Å². The number of imidazole rings is 1. The highest BCUT2D eigenvalue weighted by Gasteiger charge is 2.21. The Morgan fingerprint density at radius 1 is 0.767 bits per heavy atom. The minimum Gasteiger partial charge on any atom is -0.493 e. The fraction of sp³-hybridized carbons (Fsp3) is 0.485. The van der Waals surface area contributed by atoms with Crippen LogP contribution >= 0.6 is 0 Å². The molecular formula is C33H40N8O2. The summed E-state index contributed by atoms with van der Waals surface area (Å²) in [5.74, 6) is 2.16. The summed E-state index contributed by atoms with van der Waals surface area (Å²) in [5.41, 5.74) is 5.88. The quantitative estimate of drug-likeness (QED) is 0.188. The minimum atomic E-state index is 0.330. The van der Waals surface area contributed by atoms with Crippen molar-refractivity contribution in [2.24, 2.45) is 0 Å². The normalized spacial score (nSPS) is 16.6. The van der Waals surface area contributed by atoms with Crippen molar-refractivity contribution in [2.75, 3.05) is 7.11 Å². The fourth-order valence-electron chi connectivity index (χ4n) is 6.67. The summed E-state index contributed by atoms with van der Waals surface area (Å²) in [6.45, 7) is 3.01. The fourth-order valence-corrected chi connectivity index (χ4v) is 6.67. The molecule has 2 aromatic carbocycles. The van der Waals surface area contributed by atoms with E-state index in [0.29, 0.717) is 36.7 Å². The number of nitrogens with zero attached hydrogens (tertiary/aromatic N) is 8. The third-order valence-electron chi connectivity index (χ3n) is 9.03. The monoisotopic (exact) mass is 580 g/mol. The van der Waals surface area contributed by atoms with Gasteiger partial charge in [-0.25, -0.2) is 14.3 Å². The number of benzene rings is 2. The van der Waals surface area contributed by atoms with Crippen molar-refractivity contribution in [3.63, 3.8) is 0 Å². The van der Waals surface area contributed by atoms with E-state index in [-0.39, 0.29) is 0 Å². The molecule has 224 valence electrons. The predicted molar refractivity (Wildman–Crippen MR) is 164 cm³/mol. The van der Waals surface area contributed by atoms with Crippen LogP contribution in [-0.4, -0.2) is 46.6 Å². The second-order valence-electron chi connectivity index (χ2n) is 12.1. The maximum atomic E-state index is 6.18. The third-order valence-corrected chi connectivity index (χ3v) is 9.03. The Hall–Kier alpha value is -4.21. The second kappa shape index (κ2) is 12.2. The van der Waals surface area contributed by atoms with Crippen LogP contribution in [-0.2, 0) is 13.2 Å². The number of aromatic nitrogens is 8. The van der Waals surface area contributed by atoms with Gasteiger partial charge in [-0.15, -0.1) is 10.2 Å². The molecule has 2 aliphatic carbocycles.